The second-order valence-electron chi connectivity index (χ2n) is 20.6. The first kappa shape index (κ1) is 65.9. The van der Waals surface area contributed by atoms with Crippen molar-refractivity contribution < 1.29 is 28.6 Å². The molecule has 0 saturated carbocycles. The second-order valence-corrected chi connectivity index (χ2v) is 20.6. The van der Waals surface area contributed by atoms with Gasteiger partial charge in [0.25, 0.3) is 0 Å². The summed E-state index contributed by atoms with van der Waals surface area (Å²) in [5, 5.41) is 0. The molecule has 0 N–H and O–H groups in total. The first-order valence-electron chi connectivity index (χ1n) is 30.3. The molecule has 0 aromatic heterocycles. The molecule has 68 heavy (non-hydrogen) atoms. The first-order valence-corrected chi connectivity index (χ1v) is 30.3. The van der Waals surface area contributed by atoms with E-state index in [1.807, 2.05) is 0 Å². The van der Waals surface area contributed by atoms with Crippen molar-refractivity contribution in [2.45, 2.75) is 341 Å². The van der Waals surface area contributed by atoms with Crippen molar-refractivity contribution in [1.82, 2.24) is 0 Å². The van der Waals surface area contributed by atoms with Crippen LogP contribution in [0.5, 0.6) is 0 Å². The zero-order valence-corrected chi connectivity index (χ0v) is 45.9. The number of unbranched alkanes of at least 4 members (excludes halogenated alkanes) is 41. The van der Waals surface area contributed by atoms with E-state index in [-0.39, 0.29) is 31.1 Å². The maximum atomic E-state index is 12.9. The SMILES string of the molecule is CCCC/C=C\CCCCCCCC(=O)OCC(COC(=O)CCCCCCCCCCCCCCCCCCCCCC)OC(=O)CCCCCCCCCCC/C=C\CCCCCCCC. The van der Waals surface area contributed by atoms with Gasteiger partial charge in [0.2, 0.25) is 0 Å². The van der Waals surface area contributed by atoms with E-state index in [1.54, 1.807) is 0 Å². The van der Waals surface area contributed by atoms with Gasteiger partial charge in [0.1, 0.15) is 13.2 Å². The number of carbonyl (C=O) groups is 3. The van der Waals surface area contributed by atoms with Gasteiger partial charge >= 0.3 is 17.9 Å². The molecule has 6 nitrogen and oxygen atoms in total. The minimum Gasteiger partial charge on any atom is -0.462 e. The van der Waals surface area contributed by atoms with Gasteiger partial charge in [0.05, 0.1) is 0 Å². The van der Waals surface area contributed by atoms with E-state index < -0.39 is 6.10 Å². The highest BCUT2D eigenvalue weighted by atomic mass is 16.6. The number of esters is 3. The van der Waals surface area contributed by atoms with Gasteiger partial charge in [-0.15, -0.1) is 0 Å². The number of hydrogen-bond acceptors (Lipinski definition) is 6. The topological polar surface area (TPSA) is 78.9 Å². The molecule has 0 aliphatic rings. The van der Waals surface area contributed by atoms with E-state index >= 15 is 0 Å². The van der Waals surface area contributed by atoms with Crippen molar-refractivity contribution in [2.75, 3.05) is 13.2 Å². The van der Waals surface area contributed by atoms with Gasteiger partial charge in [-0.25, -0.2) is 0 Å². The fourth-order valence-electron chi connectivity index (χ4n) is 9.07. The third-order valence-electron chi connectivity index (χ3n) is 13.7. The average Bonchev–Trinajstić information content (AvgIpc) is 3.34. The molecular formula is C62H116O6. The van der Waals surface area contributed by atoms with Crippen molar-refractivity contribution in [2.24, 2.45) is 0 Å². The van der Waals surface area contributed by atoms with Crippen LogP contribution in [0.1, 0.15) is 335 Å². The molecule has 1 atom stereocenters. The van der Waals surface area contributed by atoms with E-state index in [0.29, 0.717) is 19.3 Å². The van der Waals surface area contributed by atoms with Crippen molar-refractivity contribution in [3.05, 3.63) is 24.3 Å². The van der Waals surface area contributed by atoms with Gasteiger partial charge in [-0.1, -0.05) is 276 Å². The van der Waals surface area contributed by atoms with Gasteiger partial charge in [-0.2, -0.15) is 0 Å². The van der Waals surface area contributed by atoms with Crippen LogP contribution in [0.3, 0.4) is 0 Å². The Morgan fingerprint density at radius 2 is 0.500 bits per heavy atom. The van der Waals surface area contributed by atoms with Crippen LogP contribution in [-0.2, 0) is 28.6 Å². The van der Waals surface area contributed by atoms with Crippen LogP contribution < -0.4 is 0 Å². The standard InChI is InChI=1S/C62H116O6/c1-4-7-10-13-16-19-22-24-26-28-30-32-33-35-37-40-43-46-49-52-55-61(64)67-58-59(57-66-60(63)54-51-48-45-42-39-21-18-15-12-9-6-3)68-62(65)56-53-50-47-44-41-38-36-34-31-29-27-25-23-20-17-14-11-8-5-2/h15,18,25,27,59H,4-14,16-17,19-24,26,28-58H2,1-3H3/b18-15-,27-25-. The molecular weight excluding hydrogens is 841 g/mol. The summed E-state index contributed by atoms with van der Waals surface area (Å²) >= 11 is 0. The molecule has 0 amide bonds. The van der Waals surface area contributed by atoms with Crippen molar-refractivity contribution in [3.63, 3.8) is 0 Å². The van der Waals surface area contributed by atoms with E-state index in [1.165, 1.54) is 231 Å². The fraction of sp³-hybridized carbons (Fsp3) is 0.887. The van der Waals surface area contributed by atoms with Crippen LogP contribution in [-0.4, -0.2) is 37.2 Å². The zero-order chi connectivity index (χ0) is 49.3. The molecule has 0 bridgehead atoms. The van der Waals surface area contributed by atoms with Crippen LogP contribution >= 0.6 is 0 Å². The minimum atomic E-state index is -0.772. The predicted molar refractivity (Wildman–Crippen MR) is 293 cm³/mol. The van der Waals surface area contributed by atoms with Crippen LogP contribution in [0.2, 0.25) is 0 Å². The first-order chi connectivity index (χ1) is 33.5. The largest absolute Gasteiger partial charge is 0.462 e. The molecule has 1 unspecified atom stereocenters. The second kappa shape index (κ2) is 57.5. The van der Waals surface area contributed by atoms with Gasteiger partial charge in [-0.3, -0.25) is 14.4 Å². The third-order valence-corrected chi connectivity index (χ3v) is 13.7. The lowest BCUT2D eigenvalue weighted by molar-refractivity contribution is -0.167. The number of allylic oxidation sites excluding steroid dienone is 4. The molecule has 0 aliphatic heterocycles. The van der Waals surface area contributed by atoms with E-state index in [4.69, 9.17) is 14.2 Å². The molecule has 0 aliphatic carbocycles. The lowest BCUT2D eigenvalue weighted by atomic mass is 10.0. The number of hydrogen-bond donors (Lipinski definition) is 0. The fourth-order valence-corrected chi connectivity index (χ4v) is 9.07. The molecule has 400 valence electrons. The summed E-state index contributed by atoms with van der Waals surface area (Å²) in [5.74, 6) is -0.861. The Balaban J connectivity index is 4.26. The highest BCUT2D eigenvalue weighted by molar-refractivity contribution is 5.71. The summed E-state index contributed by atoms with van der Waals surface area (Å²) in [7, 11) is 0. The molecule has 0 aromatic rings. The smallest absolute Gasteiger partial charge is 0.306 e. The lowest BCUT2D eigenvalue weighted by Gasteiger charge is -2.18. The maximum Gasteiger partial charge on any atom is 0.306 e. The van der Waals surface area contributed by atoms with Gasteiger partial charge in [-0.05, 0) is 64.2 Å². The highest BCUT2D eigenvalue weighted by Crippen LogP contribution is 2.17. The summed E-state index contributed by atoms with van der Waals surface area (Å²) in [5.41, 5.74) is 0. The van der Waals surface area contributed by atoms with E-state index in [9.17, 15) is 14.4 Å². The molecule has 0 aromatic carbocycles. The van der Waals surface area contributed by atoms with Gasteiger partial charge in [0.15, 0.2) is 6.10 Å². The Labute approximate surface area is 423 Å². The Morgan fingerprint density at radius 3 is 0.779 bits per heavy atom. The van der Waals surface area contributed by atoms with Crippen LogP contribution in [0.25, 0.3) is 0 Å². The minimum absolute atomic E-state index is 0.0700. The Bertz CT molecular complexity index is 1100. The summed E-state index contributed by atoms with van der Waals surface area (Å²) in [6.07, 6.45) is 67.5. The van der Waals surface area contributed by atoms with Crippen molar-refractivity contribution in [3.8, 4) is 0 Å². The maximum absolute atomic E-state index is 12.9. The molecule has 0 saturated heterocycles. The van der Waals surface area contributed by atoms with E-state index in [2.05, 4.69) is 45.1 Å². The molecule has 0 fully saturated rings. The Hall–Kier alpha value is -2.11. The van der Waals surface area contributed by atoms with Gasteiger partial charge < -0.3 is 14.2 Å². The van der Waals surface area contributed by atoms with Crippen LogP contribution in [0.15, 0.2) is 24.3 Å². The van der Waals surface area contributed by atoms with E-state index in [0.717, 1.165) is 64.2 Å². The lowest BCUT2D eigenvalue weighted by Crippen LogP contribution is -2.30. The monoisotopic (exact) mass is 957 g/mol. The molecule has 0 heterocycles. The Morgan fingerprint density at radius 1 is 0.279 bits per heavy atom. The van der Waals surface area contributed by atoms with Gasteiger partial charge in [0, 0.05) is 19.3 Å². The average molecular weight is 958 g/mol. The highest BCUT2D eigenvalue weighted by Gasteiger charge is 2.19. The Kier molecular flexibility index (Phi) is 55.7. The van der Waals surface area contributed by atoms with Crippen LogP contribution in [0, 0.1) is 0 Å². The molecule has 6 heteroatoms. The number of ether oxygens (including phenoxy) is 3. The van der Waals surface area contributed by atoms with Crippen LogP contribution in [0.4, 0.5) is 0 Å². The van der Waals surface area contributed by atoms with Crippen molar-refractivity contribution in [1.29, 1.82) is 0 Å². The normalized spacial score (nSPS) is 12.1. The number of carbonyl (C=O) groups excluding carboxylic acids is 3. The summed E-state index contributed by atoms with van der Waals surface area (Å²) < 4.78 is 16.9. The molecule has 0 spiro atoms. The zero-order valence-electron chi connectivity index (χ0n) is 45.9. The van der Waals surface area contributed by atoms with Crippen molar-refractivity contribution >= 4 is 17.9 Å². The quantitative estimate of drug-likeness (QED) is 0.0262. The summed E-state index contributed by atoms with van der Waals surface area (Å²) in [6.45, 7) is 6.64. The summed E-state index contributed by atoms with van der Waals surface area (Å²) in [6, 6.07) is 0. The molecule has 0 rings (SSSR count). The third kappa shape index (κ3) is 54.8. The molecule has 0 radical (unpaired) electrons. The number of rotatable bonds is 56. The summed E-state index contributed by atoms with van der Waals surface area (Å²) in [4.78, 5) is 38.2. The predicted octanol–water partition coefficient (Wildman–Crippen LogP) is 20.3.